The third-order valence-corrected chi connectivity index (χ3v) is 2.31. The van der Waals surface area contributed by atoms with Crippen molar-refractivity contribution in [1.82, 2.24) is 0 Å². The van der Waals surface area contributed by atoms with Crippen LogP contribution in [0.15, 0.2) is 42.5 Å². The van der Waals surface area contributed by atoms with Crippen LogP contribution in [0.3, 0.4) is 0 Å². The summed E-state index contributed by atoms with van der Waals surface area (Å²) in [6.45, 7) is 3.74. The van der Waals surface area contributed by atoms with Crippen LogP contribution in [0.2, 0.25) is 0 Å². The first kappa shape index (κ1) is 12.2. The highest BCUT2D eigenvalue weighted by molar-refractivity contribution is 5.85. The Morgan fingerprint density at radius 1 is 1.12 bits per heavy atom. The first-order valence-corrected chi connectivity index (χ1v) is 5.31. The Hall–Kier alpha value is -1.83. The highest BCUT2D eigenvalue weighted by Crippen LogP contribution is 2.16. The Balaban J connectivity index is 0.000000221. The molecule has 2 nitrogen and oxygen atoms in total. The van der Waals surface area contributed by atoms with E-state index in [1.807, 2.05) is 0 Å². The van der Waals surface area contributed by atoms with Gasteiger partial charge in [-0.3, -0.25) is 4.79 Å². The summed E-state index contributed by atoms with van der Waals surface area (Å²) in [5.74, 6) is -0.745. The fourth-order valence-corrected chi connectivity index (χ4v) is 1.39. The number of hydrogen-bond acceptors (Lipinski definition) is 1. The minimum absolute atomic E-state index is 0.222. The lowest BCUT2D eigenvalue weighted by atomic mass is 10.1. The van der Waals surface area contributed by atoms with Crippen LogP contribution >= 0.6 is 0 Å². The van der Waals surface area contributed by atoms with Gasteiger partial charge in [0.05, 0.1) is 0 Å². The lowest BCUT2D eigenvalue weighted by Crippen LogP contribution is -1.86. The first-order valence-electron chi connectivity index (χ1n) is 5.31. The van der Waals surface area contributed by atoms with Crippen LogP contribution in [0.4, 0.5) is 0 Å². The Kier molecular flexibility index (Phi) is 4.52. The summed E-state index contributed by atoms with van der Waals surface area (Å²) in [6.07, 6.45) is 0.222. The van der Waals surface area contributed by atoms with Crippen LogP contribution in [0.25, 0.3) is 10.8 Å². The molecule has 0 atom stereocenters. The van der Waals surface area contributed by atoms with Gasteiger partial charge < -0.3 is 5.11 Å². The van der Waals surface area contributed by atoms with Crippen LogP contribution in [-0.2, 0) is 4.79 Å². The van der Waals surface area contributed by atoms with Crippen molar-refractivity contribution in [1.29, 1.82) is 0 Å². The Morgan fingerprint density at radius 2 is 1.69 bits per heavy atom. The molecule has 0 aliphatic heterocycles. The van der Waals surface area contributed by atoms with Gasteiger partial charge in [0.1, 0.15) is 0 Å². The summed E-state index contributed by atoms with van der Waals surface area (Å²) < 4.78 is 0. The second kappa shape index (κ2) is 5.91. The Labute approximate surface area is 95.5 Å². The summed E-state index contributed by atoms with van der Waals surface area (Å²) in [4.78, 5) is 9.37. The van der Waals surface area contributed by atoms with E-state index >= 15 is 0 Å². The van der Waals surface area contributed by atoms with Crippen molar-refractivity contribution in [3.63, 3.8) is 0 Å². The molecular weight excluding hydrogens is 200 g/mol. The molecule has 0 fully saturated rings. The summed E-state index contributed by atoms with van der Waals surface area (Å²) in [5, 5.41) is 10.4. The van der Waals surface area contributed by atoms with Gasteiger partial charge in [-0.15, -0.1) is 0 Å². The van der Waals surface area contributed by atoms with Crippen LogP contribution < -0.4 is 0 Å². The molecule has 0 radical (unpaired) electrons. The zero-order chi connectivity index (χ0) is 12.0. The number of carboxylic acid groups (broad SMARTS) is 1. The molecule has 0 unspecified atom stereocenters. The van der Waals surface area contributed by atoms with E-state index in [1.54, 1.807) is 6.92 Å². The van der Waals surface area contributed by atoms with Gasteiger partial charge in [0.15, 0.2) is 0 Å². The van der Waals surface area contributed by atoms with Crippen LogP contribution in [0, 0.1) is 6.92 Å². The van der Waals surface area contributed by atoms with Crippen molar-refractivity contribution in [3.8, 4) is 0 Å². The predicted octanol–water partition coefficient (Wildman–Crippen LogP) is 3.63. The molecule has 0 heterocycles. The maximum absolute atomic E-state index is 9.37. The number of fused-ring (bicyclic) bond motifs is 1. The van der Waals surface area contributed by atoms with E-state index in [2.05, 4.69) is 49.4 Å². The lowest BCUT2D eigenvalue weighted by Gasteiger charge is -1.98. The van der Waals surface area contributed by atoms with Crippen LogP contribution in [0.1, 0.15) is 18.9 Å². The standard InChI is InChI=1S/C11H10.C3H6O2/c1-9-5-4-7-10-6-2-3-8-11(9)10;1-2-3(4)5/h2-8H,1H3;2H2,1H3,(H,4,5). The molecule has 2 rings (SSSR count). The van der Waals surface area contributed by atoms with E-state index in [4.69, 9.17) is 5.11 Å². The van der Waals surface area contributed by atoms with Gasteiger partial charge in [-0.1, -0.05) is 49.4 Å². The summed E-state index contributed by atoms with van der Waals surface area (Å²) in [7, 11) is 0. The molecule has 0 saturated carbocycles. The quantitative estimate of drug-likeness (QED) is 0.790. The Bertz CT molecular complexity index is 470. The van der Waals surface area contributed by atoms with E-state index in [0.29, 0.717) is 0 Å². The molecule has 0 aliphatic rings. The molecule has 0 amide bonds. The van der Waals surface area contributed by atoms with E-state index in [1.165, 1.54) is 16.3 Å². The summed E-state index contributed by atoms with van der Waals surface area (Å²) in [6, 6.07) is 14.8. The molecule has 0 aliphatic carbocycles. The third-order valence-electron chi connectivity index (χ3n) is 2.31. The van der Waals surface area contributed by atoms with Gasteiger partial charge in [0, 0.05) is 6.42 Å². The number of benzene rings is 2. The maximum atomic E-state index is 9.37. The minimum atomic E-state index is -0.745. The molecule has 0 saturated heterocycles. The smallest absolute Gasteiger partial charge is 0.303 e. The molecule has 16 heavy (non-hydrogen) atoms. The second-order valence-electron chi connectivity index (χ2n) is 3.54. The summed E-state index contributed by atoms with van der Waals surface area (Å²) >= 11 is 0. The normalized spacial score (nSPS) is 9.38. The molecular formula is C14H16O2. The van der Waals surface area contributed by atoms with E-state index in [9.17, 15) is 4.79 Å². The zero-order valence-corrected chi connectivity index (χ0v) is 9.60. The topological polar surface area (TPSA) is 37.3 Å². The predicted molar refractivity (Wildman–Crippen MR) is 66.6 cm³/mol. The van der Waals surface area contributed by atoms with Crippen molar-refractivity contribution in [3.05, 3.63) is 48.0 Å². The van der Waals surface area contributed by atoms with Crippen molar-refractivity contribution < 1.29 is 9.90 Å². The van der Waals surface area contributed by atoms with Crippen LogP contribution in [0.5, 0.6) is 0 Å². The molecule has 0 bridgehead atoms. The summed E-state index contributed by atoms with van der Waals surface area (Å²) in [5.41, 5.74) is 1.35. The van der Waals surface area contributed by atoms with Crippen molar-refractivity contribution in [2.45, 2.75) is 20.3 Å². The molecule has 1 N–H and O–H groups in total. The average Bonchev–Trinajstić information content (AvgIpc) is 2.30. The number of aryl methyl sites for hydroxylation is 1. The van der Waals surface area contributed by atoms with Gasteiger partial charge in [0.2, 0.25) is 0 Å². The first-order chi connectivity index (χ1) is 7.65. The highest BCUT2D eigenvalue weighted by Gasteiger charge is 1.92. The van der Waals surface area contributed by atoms with Gasteiger partial charge in [0.25, 0.3) is 0 Å². The van der Waals surface area contributed by atoms with E-state index < -0.39 is 5.97 Å². The second-order valence-corrected chi connectivity index (χ2v) is 3.54. The third kappa shape index (κ3) is 3.39. The molecule has 84 valence electrons. The van der Waals surface area contributed by atoms with E-state index in [0.717, 1.165) is 0 Å². The lowest BCUT2D eigenvalue weighted by molar-refractivity contribution is -0.136. The Morgan fingerprint density at radius 3 is 2.25 bits per heavy atom. The number of carbonyl (C=O) groups is 1. The number of hydrogen-bond donors (Lipinski definition) is 1. The highest BCUT2D eigenvalue weighted by atomic mass is 16.4. The van der Waals surface area contributed by atoms with Gasteiger partial charge in [-0.05, 0) is 23.3 Å². The number of rotatable bonds is 1. The largest absolute Gasteiger partial charge is 0.481 e. The fraction of sp³-hybridized carbons (Fsp3) is 0.214. The van der Waals surface area contributed by atoms with Crippen molar-refractivity contribution >= 4 is 16.7 Å². The van der Waals surface area contributed by atoms with Gasteiger partial charge in [-0.25, -0.2) is 0 Å². The fourth-order valence-electron chi connectivity index (χ4n) is 1.39. The van der Waals surface area contributed by atoms with E-state index in [-0.39, 0.29) is 6.42 Å². The average molecular weight is 216 g/mol. The number of aliphatic carboxylic acids is 1. The van der Waals surface area contributed by atoms with Gasteiger partial charge >= 0.3 is 5.97 Å². The SMILES string of the molecule is CCC(=O)O.Cc1cccc2ccccc12. The van der Waals surface area contributed by atoms with Gasteiger partial charge in [-0.2, -0.15) is 0 Å². The monoisotopic (exact) mass is 216 g/mol. The maximum Gasteiger partial charge on any atom is 0.303 e. The molecule has 2 aromatic carbocycles. The zero-order valence-electron chi connectivity index (χ0n) is 9.60. The molecule has 2 aromatic rings. The minimum Gasteiger partial charge on any atom is -0.481 e. The molecule has 2 heteroatoms. The van der Waals surface area contributed by atoms with Crippen LogP contribution in [-0.4, -0.2) is 11.1 Å². The number of carboxylic acids is 1. The molecule has 0 aromatic heterocycles. The molecule has 0 spiro atoms. The van der Waals surface area contributed by atoms with Crippen molar-refractivity contribution in [2.75, 3.05) is 0 Å². The van der Waals surface area contributed by atoms with Crippen molar-refractivity contribution in [2.24, 2.45) is 0 Å².